The Morgan fingerprint density at radius 1 is 0.338 bits per heavy atom. The third-order valence-corrected chi connectivity index (χ3v) is 15.9. The van der Waals surface area contributed by atoms with Crippen LogP contribution in [0.15, 0.2) is 0 Å². The number of rotatable bonds is 60. The average Bonchev–Trinajstić information content (AvgIpc) is 3.41. The van der Waals surface area contributed by atoms with Gasteiger partial charge in [-0.3, -0.25) is 37.3 Å². The molecule has 0 bridgehead atoms. The zero-order valence-corrected chi connectivity index (χ0v) is 53.2. The van der Waals surface area contributed by atoms with Crippen molar-refractivity contribution in [2.45, 2.75) is 317 Å². The van der Waals surface area contributed by atoms with Crippen molar-refractivity contribution in [3.05, 3.63) is 0 Å². The number of phosphoric acid groups is 2. The molecule has 3 N–H and O–H groups in total. The molecule has 0 aromatic rings. The van der Waals surface area contributed by atoms with E-state index in [2.05, 4.69) is 41.5 Å². The van der Waals surface area contributed by atoms with E-state index in [1.807, 2.05) is 0 Å². The van der Waals surface area contributed by atoms with Gasteiger partial charge in [-0.2, -0.15) is 0 Å². The zero-order valence-electron chi connectivity index (χ0n) is 51.4. The predicted octanol–water partition coefficient (Wildman–Crippen LogP) is 16.5. The summed E-state index contributed by atoms with van der Waals surface area (Å²) in [6.07, 6.45) is 35.0. The van der Waals surface area contributed by atoms with Crippen LogP contribution in [0.4, 0.5) is 0 Å². The maximum Gasteiger partial charge on any atom is 0.472 e. The van der Waals surface area contributed by atoms with Crippen LogP contribution in [-0.4, -0.2) is 96.7 Å². The van der Waals surface area contributed by atoms with E-state index in [0.717, 1.165) is 102 Å². The summed E-state index contributed by atoms with van der Waals surface area (Å²) in [4.78, 5) is 72.0. The van der Waals surface area contributed by atoms with Crippen molar-refractivity contribution in [1.82, 2.24) is 0 Å². The molecule has 80 heavy (non-hydrogen) atoms. The zero-order chi connectivity index (χ0) is 59.4. The molecule has 0 aliphatic rings. The summed E-state index contributed by atoms with van der Waals surface area (Å²) in [7, 11) is -9.88. The number of hydrogen-bond donors (Lipinski definition) is 3. The molecular weight excluding hydrogens is 1070 g/mol. The lowest BCUT2D eigenvalue weighted by Gasteiger charge is -2.21. The minimum absolute atomic E-state index is 0.102. The van der Waals surface area contributed by atoms with Crippen LogP contribution in [0.5, 0.6) is 0 Å². The van der Waals surface area contributed by atoms with E-state index in [1.165, 1.54) is 109 Å². The Labute approximate surface area is 486 Å². The van der Waals surface area contributed by atoms with Crippen LogP contribution in [0.1, 0.15) is 298 Å². The first-order chi connectivity index (χ1) is 38.4. The van der Waals surface area contributed by atoms with E-state index >= 15 is 0 Å². The highest BCUT2D eigenvalue weighted by molar-refractivity contribution is 7.47. The van der Waals surface area contributed by atoms with E-state index in [9.17, 15) is 43.2 Å². The Morgan fingerprint density at radius 2 is 0.575 bits per heavy atom. The van der Waals surface area contributed by atoms with Gasteiger partial charge in [0, 0.05) is 25.7 Å². The molecule has 0 saturated heterocycles. The maximum atomic E-state index is 12.9. The summed E-state index contributed by atoms with van der Waals surface area (Å²) in [5.41, 5.74) is 0. The minimum Gasteiger partial charge on any atom is -0.462 e. The summed E-state index contributed by atoms with van der Waals surface area (Å²) in [6.45, 7) is 9.32. The van der Waals surface area contributed by atoms with Crippen molar-refractivity contribution in [2.24, 2.45) is 11.8 Å². The fraction of sp³-hybridized carbons (Fsp3) is 0.934. The second-order valence-corrected chi connectivity index (χ2v) is 25.9. The van der Waals surface area contributed by atoms with Gasteiger partial charge in [-0.15, -0.1) is 0 Å². The largest absolute Gasteiger partial charge is 0.472 e. The van der Waals surface area contributed by atoms with Crippen LogP contribution in [-0.2, 0) is 65.4 Å². The molecule has 0 heterocycles. The Hall–Kier alpha value is -1.94. The van der Waals surface area contributed by atoms with Crippen molar-refractivity contribution in [2.75, 3.05) is 39.6 Å². The molecule has 19 heteroatoms. The van der Waals surface area contributed by atoms with E-state index in [1.54, 1.807) is 0 Å². The molecule has 0 amide bonds. The Balaban J connectivity index is 5.23. The third kappa shape index (κ3) is 55.3. The van der Waals surface area contributed by atoms with Crippen molar-refractivity contribution in [3.8, 4) is 0 Å². The van der Waals surface area contributed by atoms with Gasteiger partial charge in [0.1, 0.15) is 19.3 Å². The number of unbranched alkanes of at least 4 members (excludes halogenated alkanes) is 30. The van der Waals surface area contributed by atoms with Crippen LogP contribution < -0.4 is 0 Å². The lowest BCUT2D eigenvalue weighted by Crippen LogP contribution is -2.30. The van der Waals surface area contributed by atoms with E-state index in [0.29, 0.717) is 31.6 Å². The van der Waals surface area contributed by atoms with Gasteiger partial charge < -0.3 is 33.8 Å². The molecule has 0 spiro atoms. The Morgan fingerprint density at radius 3 is 0.850 bits per heavy atom. The summed E-state index contributed by atoms with van der Waals surface area (Å²) >= 11 is 0. The van der Waals surface area contributed by atoms with Crippen molar-refractivity contribution >= 4 is 39.5 Å². The van der Waals surface area contributed by atoms with E-state index in [-0.39, 0.29) is 25.7 Å². The highest BCUT2D eigenvalue weighted by atomic mass is 31.2. The second-order valence-electron chi connectivity index (χ2n) is 23.0. The SMILES string of the molecule is CCCCCCCCCCCCCCC(=O)O[C@H](COC(=O)CCCCCCCCCCC(C)C)COP(=O)(O)OC[C@@H](O)COP(=O)(O)OC[C@@H](COC(=O)CCCCCCCCCC)OC(=O)CCCCCCCCC(C)C. The molecule has 2 unspecified atom stereocenters. The average molecular weight is 1190 g/mol. The standard InChI is InChI=1S/C61H118O17P2/c1-7-9-11-13-15-17-18-19-20-26-33-39-45-60(65)77-56(49-72-59(64)44-38-32-25-22-21-23-29-35-41-53(3)4)51-75-79(67,68)73-47-55(62)48-74-80(69,70)76-52-57(50-71-58(63)43-37-31-24-16-14-12-10-8-2)78-61(66)46-40-34-28-27-30-36-42-54(5)6/h53-57,62H,7-52H2,1-6H3,(H,67,68)(H,69,70)/t55-,56-,57-/m1/s1. The van der Waals surface area contributed by atoms with Crippen LogP contribution in [0.25, 0.3) is 0 Å². The van der Waals surface area contributed by atoms with Gasteiger partial charge in [0.25, 0.3) is 0 Å². The molecule has 0 radical (unpaired) electrons. The predicted molar refractivity (Wildman–Crippen MR) is 317 cm³/mol. The van der Waals surface area contributed by atoms with E-state index < -0.39 is 97.5 Å². The highest BCUT2D eigenvalue weighted by Gasteiger charge is 2.30. The highest BCUT2D eigenvalue weighted by Crippen LogP contribution is 2.45. The van der Waals surface area contributed by atoms with Crippen LogP contribution in [0, 0.1) is 11.8 Å². The first kappa shape index (κ1) is 78.1. The molecule has 0 aromatic carbocycles. The van der Waals surface area contributed by atoms with Crippen molar-refractivity contribution in [1.29, 1.82) is 0 Å². The number of aliphatic hydroxyl groups is 1. The van der Waals surface area contributed by atoms with Crippen molar-refractivity contribution < 1.29 is 80.2 Å². The second kappa shape index (κ2) is 53.8. The summed E-state index contributed by atoms with van der Waals surface area (Å²) in [6, 6.07) is 0. The molecule has 17 nitrogen and oxygen atoms in total. The number of carbonyl (C=O) groups is 4. The first-order valence-corrected chi connectivity index (χ1v) is 35.0. The van der Waals surface area contributed by atoms with Gasteiger partial charge in [0.2, 0.25) is 0 Å². The fourth-order valence-corrected chi connectivity index (χ4v) is 10.6. The quantitative estimate of drug-likeness (QED) is 0.0222. The molecule has 5 atom stereocenters. The van der Waals surface area contributed by atoms with E-state index in [4.69, 9.17) is 37.0 Å². The van der Waals surface area contributed by atoms with Gasteiger partial charge >= 0.3 is 39.5 Å². The molecule has 0 saturated carbocycles. The molecule has 0 aromatic heterocycles. The first-order valence-electron chi connectivity index (χ1n) is 32.0. The summed E-state index contributed by atoms with van der Waals surface area (Å²) in [5.74, 6) is -0.748. The molecule has 474 valence electrons. The summed E-state index contributed by atoms with van der Waals surface area (Å²) < 4.78 is 67.8. The molecular formula is C61H118O17P2. The summed E-state index contributed by atoms with van der Waals surface area (Å²) in [5, 5.41) is 10.5. The van der Waals surface area contributed by atoms with Gasteiger partial charge in [-0.05, 0) is 37.5 Å². The monoisotopic (exact) mass is 1180 g/mol. The van der Waals surface area contributed by atoms with Gasteiger partial charge in [-0.1, -0.05) is 247 Å². The molecule has 0 rings (SSSR count). The lowest BCUT2D eigenvalue weighted by atomic mass is 10.0. The van der Waals surface area contributed by atoms with Crippen molar-refractivity contribution in [3.63, 3.8) is 0 Å². The Kier molecular flexibility index (Phi) is 52.5. The van der Waals surface area contributed by atoms with Crippen LogP contribution in [0.3, 0.4) is 0 Å². The van der Waals surface area contributed by atoms with Gasteiger partial charge in [0.05, 0.1) is 26.4 Å². The molecule has 0 aliphatic heterocycles. The molecule has 0 fully saturated rings. The smallest absolute Gasteiger partial charge is 0.462 e. The third-order valence-electron chi connectivity index (χ3n) is 14.0. The van der Waals surface area contributed by atoms with Crippen LogP contribution in [0.2, 0.25) is 0 Å². The van der Waals surface area contributed by atoms with Gasteiger partial charge in [-0.25, -0.2) is 9.13 Å². The number of phosphoric ester groups is 2. The number of aliphatic hydroxyl groups excluding tert-OH is 1. The number of hydrogen-bond acceptors (Lipinski definition) is 15. The number of ether oxygens (including phenoxy) is 4. The number of carbonyl (C=O) groups excluding carboxylic acids is 4. The van der Waals surface area contributed by atoms with Gasteiger partial charge in [0.15, 0.2) is 12.2 Å². The lowest BCUT2D eigenvalue weighted by molar-refractivity contribution is -0.161. The maximum absolute atomic E-state index is 12.9. The minimum atomic E-state index is -4.94. The Bertz CT molecular complexity index is 1580. The topological polar surface area (TPSA) is 237 Å². The number of esters is 4. The van der Waals surface area contributed by atoms with Crippen LogP contribution >= 0.6 is 15.6 Å². The molecule has 0 aliphatic carbocycles. The normalized spacial score (nSPS) is 14.4. The fourth-order valence-electron chi connectivity index (χ4n) is 9.00.